The molecule has 5 heteroatoms. The Kier molecular flexibility index (Phi) is 59.7. The molecule has 0 saturated carbocycles. The van der Waals surface area contributed by atoms with Crippen LogP contribution in [0.2, 0.25) is 0 Å². The Labute approximate surface area is 97.6 Å². The second kappa shape index (κ2) is 26.5. The zero-order valence-corrected chi connectivity index (χ0v) is 8.70. The fourth-order valence-electron chi connectivity index (χ4n) is 0. The van der Waals surface area contributed by atoms with E-state index in [2.05, 4.69) is 25.3 Å². The van der Waals surface area contributed by atoms with Crippen molar-refractivity contribution in [1.82, 2.24) is 0 Å². The molecule has 0 aliphatic rings. The van der Waals surface area contributed by atoms with E-state index in [-0.39, 0.29) is 52.8 Å². The van der Waals surface area contributed by atoms with Gasteiger partial charge in [0.05, 0.1) is 0 Å². The van der Waals surface area contributed by atoms with Crippen LogP contribution in [0.3, 0.4) is 0 Å². The summed E-state index contributed by atoms with van der Waals surface area (Å²) in [6.45, 7) is 0. The Morgan fingerprint density at radius 2 is 1.14 bits per heavy atom. The molecular formula is C2H3KN2S2. The van der Waals surface area contributed by atoms with Crippen LogP contribution in [0.1, 0.15) is 1.43 Å². The molecule has 0 aromatic heterocycles. The average Bonchev–Trinajstić information content (AvgIpc) is 1.39. The fourth-order valence-corrected chi connectivity index (χ4v) is 0. The molecule has 0 fully saturated rings. The minimum Gasteiger partial charge on any atom is -1.00 e. The fraction of sp³-hybridized carbons (Fsp3) is 0. The average molecular weight is 158 g/mol. The molecule has 0 aromatic rings. The van der Waals surface area contributed by atoms with E-state index in [1.165, 1.54) is 10.8 Å². The number of nitriles is 2. The minimum absolute atomic E-state index is 0. The molecule has 0 N–H and O–H groups in total. The van der Waals surface area contributed by atoms with E-state index in [0.717, 1.165) is 0 Å². The number of thiol groups is 2. The summed E-state index contributed by atoms with van der Waals surface area (Å²) in [5.74, 6) is 0. The van der Waals surface area contributed by atoms with E-state index in [1.807, 2.05) is 0 Å². The van der Waals surface area contributed by atoms with Gasteiger partial charge in [-0.2, -0.15) is 10.5 Å². The largest absolute Gasteiger partial charge is 1.00 e. The van der Waals surface area contributed by atoms with Crippen LogP contribution in [0.25, 0.3) is 0 Å². The molecular weight excluding hydrogens is 155 g/mol. The van der Waals surface area contributed by atoms with E-state index in [1.54, 1.807) is 0 Å². The van der Waals surface area contributed by atoms with Crippen LogP contribution in [0.4, 0.5) is 0 Å². The van der Waals surface area contributed by atoms with Crippen molar-refractivity contribution >= 4 is 25.3 Å². The van der Waals surface area contributed by atoms with Crippen molar-refractivity contribution in [2.24, 2.45) is 0 Å². The first-order valence-electron chi connectivity index (χ1n) is 0.894. The molecule has 0 aliphatic carbocycles. The molecule has 0 atom stereocenters. The molecule has 34 valence electrons. The van der Waals surface area contributed by atoms with E-state index in [9.17, 15) is 0 Å². The third kappa shape index (κ3) is 119. The van der Waals surface area contributed by atoms with E-state index in [4.69, 9.17) is 10.5 Å². The van der Waals surface area contributed by atoms with Crippen molar-refractivity contribution in [3.8, 4) is 10.8 Å². The summed E-state index contributed by atoms with van der Waals surface area (Å²) in [6, 6.07) is 0. The van der Waals surface area contributed by atoms with Gasteiger partial charge in [-0.05, 0) is 0 Å². The number of rotatable bonds is 0. The van der Waals surface area contributed by atoms with Crippen molar-refractivity contribution in [2.75, 3.05) is 0 Å². The minimum atomic E-state index is 0. The molecule has 0 bridgehead atoms. The number of hydrogen-bond acceptors (Lipinski definition) is 4. The van der Waals surface area contributed by atoms with Crippen molar-refractivity contribution in [1.29, 1.82) is 10.5 Å². The molecule has 0 spiro atoms. The topological polar surface area (TPSA) is 47.6 Å². The zero-order valence-electron chi connectivity index (χ0n) is 4.79. The second-order valence-corrected chi connectivity index (χ2v) is 0.600. The molecule has 7 heavy (non-hydrogen) atoms. The van der Waals surface area contributed by atoms with Gasteiger partial charge in [0, 0.05) is 0 Å². The van der Waals surface area contributed by atoms with Crippen molar-refractivity contribution < 1.29 is 52.8 Å². The normalized spacial score (nSPS) is 2.29. The van der Waals surface area contributed by atoms with Gasteiger partial charge >= 0.3 is 51.4 Å². The second-order valence-electron chi connectivity index (χ2n) is 0.200. The maximum atomic E-state index is 7.18. The smallest absolute Gasteiger partial charge is 1.00 e. The SMILES string of the molecule is N#CS.N#CS.[H-].[K+]. The van der Waals surface area contributed by atoms with Crippen LogP contribution in [-0.4, -0.2) is 0 Å². The number of hydrogen-bond donors (Lipinski definition) is 2. The Hall–Kier alpha value is 1.32. The van der Waals surface area contributed by atoms with Crippen molar-refractivity contribution in [2.45, 2.75) is 0 Å². The standard InChI is InChI=1S/2CHNS.K.H/c2*2-1-3;;/h2*3H;;/q;;+1;-1. The number of thiocyanates is 2. The molecule has 0 amide bonds. The summed E-state index contributed by atoms with van der Waals surface area (Å²) in [5, 5.41) is 17.3. The quantitative estimate of drug-likeness (QED) is 0.241. The molecule has 0 radical (unpaired) electrons. The van der Waals surface area contributed by atoms with Gasteiger partial charge in [-0.25, -0.2) is 0 Å². The molecule has 0 aliphatic heterocycles. The van der Waals surface area contributed by atoms with Crippen LogP contribution in [0, 0.1) is 21.3 Å². The monoisotopic (exact) mass is 158 g/mol. The van der Waals surface area contributed by atoms with E-state index >= 15 is 0 Å². The zero-order chi connectivity index (χ0) is 5.41. The first kappa shape index (κ1) is 15.8. The molecule has 0 unspecified atom stereocenters. The van der Waals surface area contributed by atoms with Gasteiger partial charge in [-0.1, -0.05) is 25.3 Å². The Morgan fingerprint density at radius 3 is 1.14 bits per heavy atom. The van der Waals surface area contributed by atoms with Gasteiger partial charge in [-0.15, -0.1) is 0 Å². The predicted molar refractivity (Wildman–Crippen MR) is 30.3 cm³/mol. The molecule has 0 rings (SSSR count). The molecule has 2 nitrogen and oxygen atoms in total. The van der Waals surface area contributed by atoms with E-state index in [0.29, 0.717) is 0 Å². The van der Waals surface area contributed by atoms with Crippen LogP contribution in [0.5, 0.6) is 0 Å². The maximum Gasteiger partial charge on any atom is 1.00 e. The van der Waals surface area contributed by atoms with Gasteiger partial charge in [0.1, 0.15) is 10.8 Å². The first-order valence-corrected chi connectivity index (χ1v) is 1.79. The Bertz CT molecular complexity index is 73.0. The van der Waals surface area contributed by atoms with Crippen LogP contribution in [-0.2, 0) is 0 Å². The summed E-state index contributed by atoms with van der Waals surface area (Å²) in [6.07, 6.45) is 0. The van der Waals surface area contributed by atoms with Crippen molar-refractivity contribution in [3.05, 3.63) is 0 Å². The van der Waals surface area contributed by atoms with Gasteiger partial charge in [-0.3, -0.25) is 0 Å². The first-order chi connectivity index (χ1) is 2.83. The van der Waals surface area contributed by atoms with Crippen LogP contribution >= 0.6 is 25.3 Å². The predicted octanol–water partition coefficient (Wildman–Crippen LogP) is -2.09. The van der Waals surface area contributed by atoms with Gasteiger partial charge in [0.15, 0.2) is 0 Å². The Morgan fingerprint density at radius 1 is 1.14 bits per heavy atom. The van der Waals surface area contributed by atoms with Crippen molar-refractivity contribution in [3.63, 3.8) is 0 Å². The van der Waals surface area contributed by atoms with Crippen LogP contribution < -0.4 is 51.4 Å². The summed E-state index contributed by atoms with van der Waals surface area (Å²) in [4.78, 5) is 0. The maximum absolute atomic E-state index is 7.18. The van der Waals surface area contributed by atoms with Crippen LogP contribution in [0.15, 0.2) is 0 Å². The Balaban J connectivity index is -0.0000000160. The summed E-state index contributed by atoms with van der Waals surface area (Å²) in [7, 11) is 0. The molecule has 0 heterocycles. The third-order valence-electron chi connectivity index (χ3n) is 0. The van der Waals surface area contributed by atoms with E-state index < -0.39 is 0 Å². The third-order valence-corrected chi connectivity index (χ3v) is 0. The van der Waals surface area contributed by atoms with Gasteiger partial charge in [0.2, 0.25) is 0 Å². The summed E-state index contributed by atoms with van der Waals surface area (Å²) < 4.78 is 0. The van der Waals surface area contributed by atoms with Gasteiger partial charge in [0.25, 0.3) is 0 Å². The number of nitrogens with zero attached hydrogens (tertiary/aromatic N) is 2. The summed E-state index contributed by atoms with van der Waals surface area (Å²) >= 11 is 6.19. The van der Waals surface area contributed by atoms with Gasteiger partial charge < -0.3 is 1.43 Å². The molecule has 0 aromatic carbocycles. The summed E-state index contributed by atoms with van der Waals surface area (Å²) in [5.41, 5.74) is 0. The molecule has 0 saturated heterocycles.